The van der Waals surface area contributed by atoms with E-state index >= 15 is 0 Å². The molecular weight excluding hydrogens is 312 g/mol. The Balaban J connectivity index is 2.15. The Hall–Kier alpha value is -2.18. The van der Waals surface area contributed by atoms with Crippen LogP contribution >= 0.6 is 11.3 Å². The normalized spacial score (nSPS) is 20.3. The molecule has 0 aliphatic heterocycles. The number of rotatable bonds is 4. The summed E-state index contributed by atoms with van der Waals surface area (Å²) in [5.74, 6) is -0.676. The first-order chi connectivity index (χ1) is 11.0. The van der Waals surface area contributed by atoms with Crippen molar-refractivity contribution in [1.29, 1.82) is 0 Å². The fraction of sp³-hybridized carbons (Fsp3) is 0.294. The molecule has 0 saturated carbocycles. The van der Waals surface area contributed by atoms with Crippen molar-refractivity contribution >= 4 is 28.0 Å². The summed E-state index contributed by atoms with van der Waals surface area (Å²) < 4.78 is 0. The molecule has 0 radical (unpaired) electrons. The van der Waals surface area contributed by atoms with Crippen LogP contribution in [0.1, 0.15) is 44.0 Å². The summed E-state index contributed by atoms with van der Waals surface area (Å²) in [6.07, 6.45) is 1.42. The lowest BCUT2D eigenvalue weighted by atomic mass is 9.66. The monoisotopic (exact) mass is 330 g/mol. The van der Waals surface area contributed by atoms with Crippen molar-refractivity contribution in [3.05, 3.63) is 51.9 Å². The topological polar surface area (TPSA) is 106 Å². The van der Waals surface area contributed by atoms with Crippen LogP contribution in [0.4, 0.5) is 5.00 Å². The van der Waals surface area contributed by atoms with Gasteiger partial charge in [0.2, 0.25) is 0 Å². The minimum Gasteiger partial charge on any atom is -0.396 e. The number of aliphatic hydroxyl groups is 1. The molecule has 5 N–H and O–H groups in total. The molecule has 0 saturated heterocycles. The molecule has 3 rings (SSSR count). The van der Waals surface area contributed by atoms with Crippen molar-refractivity contribution in [1.82, 2.24) is 0 Å². The molecule has 0 fully saturated rings. The third-order valence-corrected chi connectivity index (χ3v) is 5.65. The fourth-order valence-corrected chi connectivity index (χ4v) is 4.61. The minimum atomic E-state index is -0.769. The van der Waals surface area contributed by atoms with Crippen LogP contribution in [-0.2, 0) is 11.8 Å². The summed E-state index contributed by atoms with van der Waals surface area (Å²) in [6.45, 7) is -0.0838. The Kier molecular flexibility index (Phi) is 3.95. The number of amides is 1. The zero-order valence-corrected chi connectivity index (χ0v) is 13.4. The maximum absolute atomic E-state index is 13.2. The molecule has 23 heavy (non-hydrogen) atoms. The smallest absolute Gasteiger partial charge is 0.251 e. The van der Waals surface area contributed by atoms with Gasteiger partial charge >= 0.3 is 0 Å². The van der Waals surface area contributed by atoms with Gasteiger partial charge in [-0.2, -0.15) is 0 Å². The van der Waals surface area contributed by atoms with Gasteiger partial charge in [-0.05, 0) is 30.4 Å². The van der Waals surface area contributed by atoms with E-state index in [2.05, 4.69) is 0 Å². The van der Waals surface area contributed by atoms with Gasteiger partial charge in [0.25, 0.3) is 5.91 Å². The largest absolute Gasteiger partial charge is 0.396 e. The molecule has 6 heteroatoms. The van der Waals surface area contributed by atoms with Gasteiger partial charge < -0.3 is 16.6 Å². The molecular formula is C17H18N2O3S. The van der Waals surface area contributed by atoms with Crippen molar-refractivity contribution in [2.45, 2.75) is 24.7 Å². The predicted octanol–water partition coefficient (Wildman–Crippen LogP) is 1.88. The lowest BCUT2D eigenvalue weighted by Gasteiger charge is -2.35. The number of nitrogens with two attached hydrogens (primary N) is 2. The number of ketones is 1. The number of carbonyl (C=O) groups is 2. The number of fused-ring (bicyclic) bond motifs is 1. The van der Waals surface area contributed by atoms with E-state index in [9.17, 15) is 14.7 Å². The van der Waals surface area contributed by atoms with Crippen LogP contribution in [0.3, 0.4) is 0 Å². The van der Waals surface area contributed by atoms with E-state index in [1.54, 1.807) is 0 Å². The van der Waals surface area contributed by atoms with E-state index in [-0.39, 0.29) is 18.0 Å². The number of benzene rings is 1. The van der Waals surface area contributed by atoms with Gasteiger partial charge in [-0.1, -0.05) is 30.3 Å². The molecule has 1 aromatic heterocycles. The molecule has 1 atom stereocenters. The van der Waals surface area contributed by atoms with E-state index < -0.39 is 11.3 Å². The van der Waals surface area contributed by atoms with E-state index in [0.29, 0.717) is 34.7 Å². The summed E-state index contributed by atoms with van der Waals surface area (Å²) in [7, 11) is 0. The molecule has 120 valence electrons. The summed E-state index contributed by atoms with van der Waals surface area (Å²) in [5, 5.41) is 9.81. The summed E-state index contributed by atoms with van der Waals surface area (Å²) in [4.78, 5) is 25.3. The van der Waals surface area contributed by atoms with Crippen LogP contribution in [0.25, 0.3) is 0 Å². The van der Waals surface area contributed by atoms with Gasteiger partial charge in [0.15, 0.2) is 5.78 Å². The van der Waals surface area contributed by atoms with Crippen molar-refractivity contribution in [3.63, 3.8) is 0 Å². The Morgan fingerprint density at radius 1 is 1.30 bits per heavy atom. The highest BCUT2D eigenvalue weighted by molar-refractivity contribution is 7.18. The van der Waals surface area contributed by atoms with Crippen LogP contribution in [0, 0.1) is 0 Å². The molecule has 1 heterocycles. The summed E-state index contributed by atoms with van der Waals surface area (Å²) in [6, 6.07) is 9.47. The van der Waals surface area contributed by atoms with Crippen molar-refractivity contribution in [2.24, 2.45) is 5.73 Å². The lowest BCUT2D eigenvalue weighted by molar-refractivity contribution is 0.0828. The minimum absolute atomic E-state index is 0.0804. The van der Waals surface area contributed by atoms with Crippen LogP contribution in [0.15, 0.2) is 30.3 Å². The predicted molar refractivity (Wildman–Crippen MR) is 89.7 cm³/mol. The standard InChI is InChI=1S/C17H18N2O3S/c18-15(22)12-11-6-7-17(8-9-20,10-4-2-1-3-5-10)14(21)13(11)23-16(12)19/h1-5,20H,6-9,19H2,(H2,18,22). The number of aliphatic hydroxyl groups excluding tert-OH is 1. The second-order valence-electron chi connectivity index (χ2n) is 5.76. The molecule has 1 amide bonds. The van der Waals surface area contributed by atoms with Gasteiger partial charge in [0.1, 0.15) is 0 Å². The van der Waals surface area contributed by atoms with Gasteiger partial charge in [0.05, 0.1) is 20.9 Å². The molecule has 1 aromatic carbocycles. The van der Waals surface area contributed by atoms with Crippen molar-refractivity contribution in [3.8, 4) is 0 Å². The molecule has 2 aromatic rings. The first-order valence-electron chi connectivity index (χ1n) is 7.43. The maximum Gasteiger partial charge on any atom is 0.251 e. The summed E-state index contributed by atoms with van der Waals surface area (Å²) >= 11 is 1.12. The Labute approximate surface area is 137 Å². The zero-order valence-electron chi connectivity index (χ0n) is 12.5. The van der Waals surface area contributed by atoms with E-state index in [1.807, 2.05) is 30.3 Å². The number of anilines is 1. The quantitative estimate of drug-likeness (QED) is 0.795. The van der Waals surface area contributed by atoms with Gasteiger partial charge in [-0.3, -0.25) is 9.59 Å². The average Bonchev–Trinajstić information content (AvgIpc) is 2.88. The first kappa shape index (κ1) is 15.7. The zero-order chi connectivity index (χ0) is 16.6. The highest BCUT2D eigenvalue weighted by Crippen LogP contribution is 2.46. The van der Waals surface area contributed by atoms with Crippen LogP contribution < -0.4 is 11.5 Å². The third kappa shape index (κ3) is 2.34. The van der Waals surface area contributed by atoms with E-state index in [4.69, 9.17) is 11.5 Å². The van der Waals surface area contributed by atoms with E-state index in [1.165, 1.54) is 0 Å². The van der Waals surface area contributed by atoms with E-state index in [0.717, 1.165) is 16.9 Å². The Morgan fingerprint density at radius 2 is 2.00 bits per heavy atom. The molecule has 0 bridgehead atoms. The lowest BCUT2D eigenvalue weighted by Crippen LogP contribution is -2.40. The average molecular weight is 330 g/mol. The fourth-order valence-electron chi connectivity index (χ4n) is 3.45. The maximum atomic E-state index is 13.2. The second-order valence-corrected chi connectivity index (χ2v) is 6.82. The van der Waals surface area contributed by atoms with Gasteiger partial charge in [-0.25, -0.2) is 0 Å². The third-order valence-electron chi connectivity index (χ3n) is 4.59. The van der Waals surface area contributed by atoms with Crippen LogP contribution in [0.5, 0.6) is 0 Å². The molecule has 1 aliphatic rings. The van der Waals surface area contributed by atoms with Crippen molar-refractivity contribution < 1.29 is 14.7 Å². The van der Waals surface area contributed by atoms with Gasteiger partial charge in [0, 0.05) is 6.61 Å². The highest BCUT2D eigenvalue weighted by Gasteiger charge is 2.45. The Morgan fingerprint density at radius 3 is 2.61 bits per heavy atom. The highest BCUT2D eigenvalue weighted by atomic mass is 32.1. The molecule has 1 unspecified atom stereocenters. The number of carbonyl (C=O) groups excluding carboxylic acids is 2. The number of hydrogen-bond acceptors (Lipinski definition) is 5. The molecule has 1 aliphatic carbocycles. The number of thiophene rings is 1. The number of nitrogen functional groups attached to an aromatic ring is 1. The number of Topliss-reactive ketones (excluding diaryl/α,β-unsaturated/α-hetero) is 1. The first-order valence-corrected chi connectivity index (χ1v) is 8.25. The van der Waals surface area contributed by atoms with Crippen LogP contribution in [0.2, 0.25) is 0 Å². The van der Waals surface area contributed by atoms with Crippen molar-refractivity contribution in [2.75, 3.05) is 12.3 Å². The van der Waals surface area contributed by atoms with Gasteiger partial charge in [-0.15, -0.1) is 11.3 Å². The molecule has 0 spiro atoms. The molecule has 5 nitrogen and oxygen atoms in total. The Bertz CT molecular complexity index is 770. The summed E-state index contributed by atoms with van der Waals surface area (Å²) in [5.41, 5.74) is 12.4. The van der Waals surface area contributed by atoms with Crippen LogP contribution in [-0.4, -0.2) is 23.4 Å². The number of primary amides is 1. The SMILES string of the molecule is NC(=O)c1c(N)sc2c1CCC(CCO)(c1ccccc1)C2=O. The number of hydrogen-bond donors (Lipinski definition) is 3. The second kappa shape index (κ2) is 5.79.